The Morgan fingerprint density at radius 2 is 2.06 bits per heavy atom. The van der Waals surface area contributed by atoms with E-state index in [1.54, 1.807) is 0 Å². The van der Waals surface area contributed by atoms with Crippen molar-refractivity contribution in [3.05, 3.63) is 27.8 Å². The molecule has 0 saturated heterocycles. The van der Waals surface area contributed by atoms with Crippen molar-refractivity contribution in [3.8, 4) is 17.0 Å². The van der Waals surface area contributed by atoms with Gasteiger partial charge < -0.3 is 10.5 Å². The maximum absolute atomic E-state index is 5.68. The van der Waals surface area contributed by atoms with Crippen LogP contribution < -0.4 is 10.5 Å². The molecule has 1 heterocycles. The third-order valence-electron chi connectivity index (χ3n) is 2.19. The van der Waals surface area contributed by atoms with Gasteiger partial charge in [-0.1, -0.05) is 0 Å². The molecule has 2 rings (SSSR count). The normalized spacial score (nSPS) is 10.4. The van der Waals surface area contributed by atoms with Crippen molar-refractivity contribution in [3.63, 3.8) is 0 Å². The van der Waals surface area contributed by atoms with E-state index in [9.17, 15) is 0 Å². The standard InChI is InChI=1S/C11H12IN3O/c1-2-16-8-5-3-7(4-6-8)10-9(12)11(13)15-14-10/h3-6H,2H2,1H3,(H3,13,14,15). The lowest BCUT2D eigenvalue weighted by atomic mass is 10.1. The van der Waals surface area contributed by atoms with Crippen molar-refractivity contribution in [2.75, 3.05) is 12.3 Å². The summed E-state index contributed by atoms with van der Waals surface area (Å²) in [6, 6.07) is 7.85. The van der Waals surface area contributed by atoms with Gasteiger partial charge in [-0.25, -0.2) is 0 Å². The van der Waals surface area contributed by atoms with Gasteiger partial charge in [-0.2, -0.15) is 5.10 Å². The summed E-state index contributed by atoms with van der Waals surface area (Å²) in [5.74, 6) is 1.40. The fraction of sp³-hybridized carbons (Fsp3) is 0.182. The molecular formula is C11H12IN3O. The Labute approximate surface area is 107 Å². The van der Waals surface area contributed by atoms with E-state index < -0.39 is 0 Å². The summed E-state index contributed by atoms with van der Waals surface area (Å²) in [5, 5.41) is 6.88. The smallest absolute Gasteiger partial charge is 0.159 e. The lowest BCUT2D eigenvalue weighted by Crippen LogP contribution is -1.91. The molecule has 0 fully saturated rings. The van der Waals surface area contributed by atoms with Gasteiger partial charge in [0, 0.05) is 5.56 Å². The second-order valence-electron chi connectivity index (χ2n) is 3.26. The average Bonchev–Trinajstić information content (AvgIpc) is 2.62. The zero-order valence-electron chi connectivity index (χ0n) is 8.83. The number of halogens is 1. The van der Waals surface area contributed by atoms with Gasteiger partial charge in [0.15, 0.2) is 5.82 Å². The molecule has 0 spiro atoms. The van der Waals surface area contributed by atoms with Gasteiger partial charge in [-0.05, 0) is 53.8 Å². The molecule has 0 saturated carbocycles. The van der Waals surface area contributed by atoms with Crippen LogP contribution in [0.2, 0.25) is 0 Å². The first-order valence-corrected chi connectivity index (χ1v) is 6.02. The summed E-state index contributed by atoms with van der Waals surface area (Å²) in [4.78, 5) is 0. The van der Waals surface area contributed by atoms with Crippen LogP contribution in [0.25, 0.3) is 11.3 Å². The highest BCUT2D eigenvalue weighted by atomic mass is 127. The Kier molecular flexibility index (Phi) is 3.33. The number of H-pyrrole nitrogens is 1. The summed E-state index contributed by atoms with van der Waals surface area (Å²) >= 11 is 2.18. The van der Waals surface area contributed by atoms with Crippen molar-refractivity contribution in [2.45, 2.75) is 6.92 Å². The molecule has 0 aliphatic rings. The van der Waals surface area contributed by atoms with Gasteiger partial charge in [0.2, 0.25) is 0 Å². The van der Waals surface area contributed by atoms with Crippen molar-refractivity contribution in [1.29, 1.82) is 0 Å². The fourth-order valence-electron chi connectivity index (χ4n) is 1.42. The lowest BCUT2D eigenvalue weighted by molar-refractivity contribution is 0.340. The maximum Gasteiger partial charge on any atom is 0.159 e. The molecule has 0 amide bonds. The van der Waals surface area contributed by atoms with Gasteiger partial charge in [-0.15, -0.1) is 0 Å². The van der Waals surface area contributed by atoms with Gasteiger partial charge in [-0.3, -0.25) is 5.10 Å². The van der Waals surface area contributed by atoms with Gasteiger partial charge in [0.1, 0.15) is 5.75 Å². The maximum atomic E-state index is 5.68. The first-order chi connectivity index (χ1) is 7.72. The second-order valence-corrected chi connectivity index (χ2v) is 4.33. The number of anilines is 1. The van der Waals surface area contributed by atoms with E-state index in [0.29, 0.717) is 12.4 Å². The minimum absolute atomic E-state index is 0.532. The number of nitrogens with one attached hydrogen (secondary N) is 1. The molecule has 16 heavy (non-hydrogen) atoms. The van der Waals surface area contributed by atoms with Crippen LogP contribution >= 0.6 is 22.6 Å². The van der Waals surface area contributed by atoms with Crippen LogP contribution in [-0.2, 0) is 0 Å². The van der Waals surface area contributed by atoms with Gasteiger partial charge >= 0.3 is 0 Å². The van der Waals surface area contributed by atoms with Crippen molar-refractivity contribution in [2.24, 2.45) is 0 Å². The first kappa shape index (κ1) is 11.3. The van der Waals surface area contributed by atoms with Crippen LogP contribution in [0.5, 0.6) is 5.75 Å². The number of aromatic amines is 1. The number of nitrogen functional groups attached to an aromatic ring is 1. The Bertz CT molecular complexity index is 478. The summed E-state index contributed by atoms with van der Waals surface area (Å²) in [7, 11) is 0. The average molecular weight is 329 g/mol. The number of rotatable bonds is 3. The molecule has 84 valence electrons. The van der Waals surface area contributed by atoms with E-state index in [1.807, 2.05) is 31.2 Å². The Morgan fingerprint density at radius 3 is 2.56 bits per heavy atom. The van der Waals surface area contributed by atoms with Crippen LogP contribution in [0, 0.1) is 3.57 Å². The van der Waals surface area contributed by atoms with E-state index in [0.717, 1.165) is 20.6 Å². The molecule has 4 nitrogen and oxygen atoms in total. The predicted octanol–water partition coefficient (Wildman–Crippen LogP) is 2.66. The van der Waals surface area contributed by atoms with Crippen molar-refractivity contribution < 1.29 is 4.74 Å². The van der Waals surface area contributed by atoms with Gasteiger partial charge in [0.05, 0.1) is 15.9 Å². The van der Waals surface area contributed by atoms with Crippen LogP contribution in [0.15, 0.2) is 24.3 Å². The van der Waals surface area contributed by atoms with Crippen LogP contribution in [0.1, 0.15) is 6.92 Å². The van der Waals surface area contributed by atoms with Crippen LogP contribution in [0.3, 0.4) is 0 Å². The van der Waals surface area contributed by atoms with E-state index in [1.165, 1.54) is 0 Å². The molecule has 3 N–H and O–H groups in total. The summed E-state index contributed by atoms with van der Waals surface area (Å²) in [6.07, 6.45) is 0. The summed E-state index contributed by atoms with van der Waals surface area (Å²) < 4.78 is 6.33. The largest absolute Gasteiger partial charge is 0.494 e. The number of hydrogen-bond acceptors (Lipinski definition) is 3. The number of nitrogens with zero attached hydrogens (tertiary/aromatic N) is 1. The number of benzene rings is 1. The SMILES string of the molecule is CCOc1ccc(-c2[nH]nc(N)c2I)cc1. The first-order valence-electron chi connectivity index (χ1n) is 4.95. The Balaban J connectivity index is 2.31. The molecule has 0 unspecified atom stereocenters. The number of aromatic nitrogens is 2. The zero-order valence-corrected chi connectivity index (χ0v) is 11.0. The zero-order chi connectivity index (χ0) is 11.5. The summed E-state index contributed by atoms with van der Waals surface area (Å²) in [6.45, 7) is 2.64. The van der Waals surface area contributed by atoms with Crippen molar-refractivity contribution in [1.82, 2.24) is 10.2 Å². The molecular weight excluding hydrogens is 317 g/mol. The molecule has 0 aliphatic heterocycles. The molecule has 1 aromatic heterocycles. The molecule has 5 heteroatoms. The third kappa shape index (κ3) is 2.13. The van der Waals surface area contributed by atoms with Crippen LogP contribution in [-0.4, -0.2) is 16.8 Å². The van der Waals surface area contributed by atoms with Crippen LogP contribution in [0.4, 0.5) is 5.82 Å². The third-order valence-corrected chi connectivity index (χ3v) is 3.28. The topological polar surface area (TPSA) is 63.9 Å². The number of ether oxygens (including phenoxy) is 1. The van der Waals surface area contributed by atoms with E-state index >= 15 is 0 Å². The summed E-state index contributed by atoms with van der Waals surface area (Å²) in [5.41, 5.74) is 7.68. The Morgan fingerprint density at radius 1 is 1.38 bits per heavy atom. The number of hydrogen-bond donors (Lipinski definition) is 2. The molecule has 0 aliphatic carbocycles. The second kappa shape index (κ2) is 4.73. The molecule has 2 aromatic rings. The lowest BCUT2D eigenvalue weighted by Gasteiger charge is -2.03. The molecule has 0 bridgehead atoms. The molecule has 0 radical (unpaired) electrons. The van der Waals surface area contributed by atoms with Crippen molar-refractivity contribution >= 4 is 28.4 Å². The highest BCUT2D eigenvalue weighted by Gasteiger charge is 2.09. The molecule has 0 atom stereocenters. The quantitative estimate of drug-likeness (QED) is 0.851. The number of nitrogens with two attached hydrogens (primary N) is 1. The van der Waals surface area contributed by atoms with E-state index in [4.69, 9.17) is 10.5 Å². The minimum Gasteiger partial charge on any atom is -0.494 e. The fourth-order valence-corrected chi connectivity index (χ4v) is 1.97. The van der Waals surface area contributed by atoms with E-state index in [2.05, 4.69) is 32.8 Å². The Hall–Kier alpha value is -1.24. The molecule has 1 aromatic carbocycles. The predicted molar refractivity (Wildman–Crippen MR) is 72.3 cm³/mol. The van der Waals surface area contributed by atoms with E-state index in [-0.39, 0.29) is 0 Å². The minimum atomic E-state index is 0.532. The highest BCUT2D eigenvalue weighted by Crippen LogP contribution is 2.27. The van der Waals surface area contributed by atoms with Gasteiger partial charge in [0.25, 0.3) is 0 Å². The highest BCUT2D eigenvalue weighted by molar-refractivity contribution is 14.1. The monoisotopic (exact) mass is 329 g/mol.